The van der Waals surface area contributed by atoms with Crippen molar-refractivity contribution in [2.45, 2.75) is 41.9 Å². The van der Waals surface area contributed by atoms with E-state index in [0.29, 0.717) is 37.0 Å². The summed E-state index contributed by atoms with van der Waals surface area (Å²) in [4.78, 5) is 30.6. The van der Waals surface area contributed by atoms with E-state index in [4.69, 9.17) is 16.3 Å². The predicted molar refractivity (Wildman–Crippen MR) is 252 cm³/mol. The molecule has 0 aliphatic carbocycles. The molecule has 1 amide bonds. The second-order valence-corrected chi connectivity index (χ2v) is 18.2. The molecule has 1 saturated heterocycles. The minimum absolute atomic E-state index is 0. The molecule has 8 rings (SSSR count). The topological polar surface area (TPSA) is 139 Å². The highest BCUT2D eigenvalue weighted by Gasteiger charge is 2.27. The normalized spacial score (nSPS) is 14.9. The molecule has 0 saturated carbocycles. The van der Waals surface area contributed by atoms with Crippen LogP contribution >= 0.6 is 48.2 Å². The third-order valence-electron chi connectivity index (χ3n) is 11.0. The maximum absolute atomic E-state index is 13.6. The number of thioether (sulfide) groups is 1. The van der Waals surface area contributed by atoms with Crippen molar-refractivity contribution in [1.82, 2.24) is 19.1 Å². The highest BCUT2D eigenvalue weighted by atomic mass is 35.5. The molecule has 326 valence electrons. The van der Waals surface area contributed by atoms with Crippen molar-refractivity contribution in [2.75, 3.05) is 50.5 Å². The molecular formula is C45H47Cl3N6O6S2. The number of fused-ring (bicyclic) bond motifs is 3. The van der Waals surface area contributed by atoms with E-state index < -0.39 is 26.5 Å². The van der Waals surface area contributed by atoms with Crippen LogP contribution in [0.3, 0.4) is 0 Å². The van der Waals surface area contributed by atoms with Gasteiger partial charge in [0, 0.05) is 95.8 Å². The Hall–Kier alpha value is -4.64. The number of nitrogens with one attached hydrogen (secondary N) is 2. The Kier molecular flexibility index (Phi) is 16.0. The lowest BCUT2D eigenvalue weighted by atomic mass is 9.99. The molecular weight excluding hydrogens is 891 g/mol. The zero-order valence-corrected chi connectivity index (χ0v) is 37.7. The molecule has 17 heteroatoms. The average Bonchev–Trinajstić information content (AvgIpc) is 3.63. The van der Waals surface area contributed by atoms with Gasteiger partial charge in [0.25, 0.3) is 21.6 Å². The van der Waals surface area contributed by atoms with E-state index in [-0.39, 0.29) is 47.0 Å². The quantitative estimate of drug-likeness (QED) is 0.0583. The first-order chi connectivity index (χ1) is 29.1. The maximum Gasteiger partial charge on any atom is 0.293 e. The number of benzene rings is 5. The fourth-order valence-corrected chi connectivity index (χ4v) is 9.96. The Balaban J connectivity index is 0.00000321. The summed E-state index contributed by atoms with van der Waals surface area (Å²) in [5.41, 5.74) is 5.49. The number of halogens is 3. The lowest BCUT2D eigenvalue weighted by Gasteiger charge is -2.29. The van der Waals surface area contributed by atoms with E-state index in [1.807, 2.05) is 78.9 Å². The number of nitro benzene ring substituents is 1. The second-order valence-electron chi connectivity index (χ2n) is 15.0. The lowest BCUT2D eigenvalue weighted by Crippen LogP contribution is -2.39. The first-order valence-corrected chi connectivity index (χ1v) is 22.7. The van der Waals surface area contributed by atoms with Gasteiger partial charge in [0.15, 0.2) is 0 Å². The molecule has 2 aliphatic heterocycles. The number of hydrogen-bond donors (Lipinski definition) is 2. The molecule has 1 fully saturated rings. The summed E-state index contributed by atoms with van der Waals surface area (Å²) >= 11 is 7.79. The summed E-state index contributed by atoms with van der Waals surface area (Å²) in [7, 11) is -4.47. The summed E-state index contributed by atoms with van der Waals surface area (Å²) in [5.74, 6) is -0.193. The van der Waals surface area contributed by atoms with Crippen LogP contribution in [-0.2, 0) is 34.4 Å². The molecule has 6 aromatic rings. The molecule has 1 unspecified atom stereocenters. The number of nitrogens with zero attached hydrogens (tertiary/aromatic N) is 4. The van der Waals surface area contributed by atoms with E-state index in [0.717, 1.165) is 78.0 Å². The van der Waals surface area contributed by atoms with E-state index in [1.165, 1.54) is 17.7 Å². The highest BCUT2D eigenvalue weighted by Crippen LogP contribution is 2.32. The van der Waals surface area contributed by atoms with Gasteiger partial charge in [-0.15, -0.1) is 36.6 Å². The molecule has 1 atom stereocenters. The van der Waals surface area contributed by atoms with Crippen LogP contribution in [0.25, 0.3) is 22.0 Å². The lowest BCUT2D eigenvalue weighted by molar-refractivity contribution is -0.384. The zero-order chi connectivity index (χ0) is 41.6. The van der Waals surface area contributed by atoms with Crippen molar-refractivity contribution in [3.63, 3.8) is 0 Å². The van der Waals surface area contributed by atoms with Crippen LogP contribution in [0.5, 0.6) is 0 Å². The third kappa shape index (κ3) is 11.3. The fraction of sp³-hybridized carbons (Fsp3) is 0.267. The van der Waals surface area contributed by atoms with Gasteiger partial charge < -0.3 is 14.6 Å². The van der Waals surface area contributed by atoms with Crippen LogP contribution in [0.4, 0.5) is 11.4 Å². The van der Waals surface area contributed by atoms with Crippen LogP contribution in [0.15, 0.2) is 131 Å². The molecule has 0 bridgehead atoms. The van der Waals surface area contributed by atoms with E-state index in [2.05, 4.69) is 36.5 Å². The Labute approximate surface area is 383 Å². The number of anilines is 1. The van der Waals surface area contributed by atoms with Gasteiger partial charge >= 0.3 is 0 Å². The van der Waals surface area contributed by atoms with Gasteiger partial charge in [-0.2, -0.15) is 0 Å². The number of hydrogen-bond acceptors (Lipinski definition) is 10. The summed E-state index contributed by atoms with van der Waals surface area (Å²) < 4.78 is 37.0. The van der Waals surface area contributed by atoms with Crippen molar-refractivity contribution >= 4 is 86.4 Å². The van der Waals surface area contributed by atoms with Gasteiger partial charge in [-0.25, -0.2) is 13.1 Å². The predicted octanol–water partition coefficient (Wildman–Crippen LogP) is 9.14. The molecule has 5 aromatic carbocycles. The molecule has 0 radical (unpaired) electrons. The number of ether oxygens (including phenoxy) is 1. The molecule has 0 spiro atoms. The molecule has 2 aliphatic rings. The van der Waals surface area contributed by atoms with Gasteiger partial charge in [-0.3, -0.25) is 24.7 Å². The number of amides is 1. The van der Waals surface area contributed by atoms with Crippen LogP contribution in [0.1, 0.15) is 28.0 Å². The number of carbonyl (C=O) groups excluding carboxylic acids is 1. The van der Waals surface area contributed by atoms with Gasteiger partial charge in [-0.1, -0.05) is 66.2 Å². The van der Waals surface area contributed by atoms with Crippen LogP contribution in [0, 0.1) is 10.1 Å². The highest BCUT2D eigenvalue weighted by molar-refractivity contribution is 7.99. The first-order valence-electron chi connectivity index (χ1n) is 19.9. The smallest absolute Gasteiger partial charge is 0.293 e. The monoisotopic (exact) mass is 936 g/mol. The molecule has 3 heterocycles. The van der Waals surface area contributed by atoms with Crippen molar-refractivity contribution < 1.29 is 22.9 Å². The Morgan fingerprint density at radius 3 is 2.35 bits per heavy atom. The minimum atomic E-state index is -4.47. The standard InChI is InChI=1S/C45H45ClN6O6S2.2ClH/c46-36-13-10-32(11-14-36)41-9-5-4-6-34(41)29-50-20-21-51-38(30-50)27-35-26-33(12-17-43(35)51)45(53)48-60(56,57)40-15-16-42(44(28-40)52(54)55)47-37(18-19-49-22-24-58-25-23-49)31-59-39-7-2-1-3-8-39;;/h1-17,26-28,37,47H,18-25,29-31H2,(H,48,53);2*1H. The Morgan fingerprint density at radius 2 is 1.60 bits per heavy atom. The van der Waals surface area contributed by atoms with E-state index in [9.17, 15) is 23.3 Å². The summed E-state index contributed by atoms with van der Waals surface area (Å²) in [6.07, 6.45) is 0.709. The van der Waals surface area contributed by atoms with Crippen LogP contribution < -0.4 is 10.0 Å². The van der Waals surface area contributed by atoms with Gasteiger partial charge in [-0.05, 0) is 83.8 Å². The summed E-state index contributed by atoms with van der Waals surface area (Å²) in [6, 6.07) is 36.8. The molecule has 62 heavy (non-hydrogen) atoms. The molecule has 12 nitrogen and oxygen atoms in total. The van der Waals surface area contributed by atoms with Gasteiger partial charge in [0.2, 0.25) is 0 Å². The fourth-order valence-electron chi connectivity index (χ4n) is 7.84. The Morgan fingerprint density at radius 1 is 0.855 bits per heavy atom. The largest absolute Gasteiger partial charge is 0.379 e. The SMILES string of the molecule is Cl.Cl.O=C(NS(=O)(=O)c1ccc(NC(CCN2CCOCC2)CSc2ccccc2)c([N+](=O)[O-])c1)c1ccc2c(c1)cc1n2CCN(Cc2ccccc2-c2ccc(Cl)cc2)C1. The van der Waals surface area contributed by atoms with Crippen molar-refractivity contribution in [1.29, 1.82) is 0 Å². The van der Waals surface area contributed by atoms with Gasteiger partial charge in [0.1, 0.15) is 5.69 Å². The number of morpholine rings is 1. The zero-order valence-electron chi connectivity index (χ0n) is 33.7. The second kappa shape index (κ2) is 21.2. The van der Waals surface area contributed by atoms with Crippen molar-refractivity contribution in [3.05, 3.63) is 153 Å². The average molecular weight is 938 g/mol. The van der Waals surface area contributed by atoms with E-state index >= 15 is 0 Å². The number of sulfonamides is 1. The first kappa shape index (κ1) is 46.9. The van der Waals surface area contributed by atoms with Gasteiger partial charge in [0.05, 0.1) is 23.0 Å². The van der Waals surface area contributed by atoms with E-state index in [1.54, 1.807) is 23.9 Å². The van der Waals surface area contributed by atoms with Crippen LogP contribution in [0.2, 0.25) is 5.02 Å². The number of rotatable bonds is 15. The maximum atomic E-state index is 13.6. The van der Waals surface area contributed by atoms with Crippen LogP contribution in [-0.4, -0.2) is 84.8 Å². The Bertz CT molecular complexity index is 2610. The summed E-state index contributed by atoms with van der Waals surface area (Å²) in [6.45, 7) is 6.79. The number of carbonyl (C=O) groups is 1. The summed E-state index contributed by atoms with van der Waals surface area (Å²) in [5, 5.41) is 17.2. The number of nitro groups is 1. The third-order valence-corrected chi connectivity index (χ3v) is 13.8. The van der Waals surface area contributed by atoms with Crippen molar-refractivity contribution in [3.8, 4) is 11.1 Å². The minimum Gasteiger partial charge on any atom is -0.379 e. The molecule has 1 aromatic heterocycles. The number of aromatic nitrogens is 1. The van der Waals surface area contributed by atoms with Crippen molar-refractivity contribution in [2.24, 2.45) is 0 Å². The molecule has 2 N–H and O–H groups in total.